The fourth-order valence-electron chi connectivity index (χ4n) is 3.39. The predicted molar refractivity (Wildman–Crippen MR) is 131 cm³/mol. The first-order valence-electron chi connectivity index (χ1n) is 10.0. The SMILES string of the molecule is C=CCn1c(SCC(=O)Nc2c(C)nn(-c3ccc(C)cc3)c2C)nc2ccsc2c1=O. The van der Waals surface area contributed by atoms with Crippen LogP contribution in [0.3, 0.4) is 0 Å². The summed E-state index contributed by atoms with van der Waals surface area (Å²) in [6, 6.07) is 9.88. The summed E-state index contributed by atoms with van der Waals surface area (Å²) in [6.45, 7) is 9.90. The van der Waals surface area contributed by atoms with Crippen molar-refractivity contribution < 1.29 is 4.79 Å². The van der Waals surface area contributed by atoms with Gasteiger partial charge in [-0.05, 0) is 44.4 Å². The molecule has 0 bridgehead atoms. The highest BCUT2D eigenvalue weighted by molar-refractivity contribution is 7.99. The molecule has 4 rings (SSSR count). The van der Waals surface area contributed by atoms with E-state index in [1.54, 1.807) is 10.6 Å². The molecule has 0 saturated heterocycles. The van der Waals surface area contributed by atoms with Crippen LogP contribution in [-0.4, -0.2) is 31.0 Å². The summed E-state index contributed by atoms with van der Waals surface area (Å²) < 4.78 is 3.98. The fraction of sp³-hybridized carbons (Fsp3) is 0.217. The Morgan fingerprint density at radius 1 is 1.22 bits per heavy atom. The molecule has 3 heterocycles. The summed E-state index contributed by atoms with van der Waals surface area (Å²) in [5.74, 6) is -0.0668. The van der Waals surface area contributed by atoms with Crippen LogP contribution in [0.15, 0.2) is 58.3 Å². The molecule has 0 spiro atoms. The average Bonchev–Trinajstić information content (AvgIpc) is 3.35. The van der Waals surface area contributed by atoms with E-state index in [1.807, 2.05) is 61.2 Å². The third-order valence-electron chi connectivity index (χ3n) is 5.01. The highest BCUT2D eigenvalue weighted by Crippen LogP contribution is 2.25. The summed E-state index contributed by atoms with van der Waals surface area (Å²) >= 11 is 2.60. The van der Waals surface area contributed by atoms with Gasteiger partial charge in [-0.1, -0.05) is 35.5 Å². The number of nitrogens with one attached hydrogen (secondary N) is 1. The molecule has 3 aromatic heterocycles. The van der Waals surface area contributed by atoms with Gasteiger partial charge in [0.15, 0.2) is 5.16 Å². The van der Waals surface area contributed by atoms with Gasteiger partial charge in [-0.25, -0.2) is 9.67 Å². The highest BCUT2D eigenvalue weighted by atomic mass is 32.2. The second kappa shape index (κ2) is 9.13. The normalized spacial score (nSPS) is 11.1. The van der Waals surface area contributed by atoms with E-state index in [2.05, 4.69) is 22.0 Å². The lowest BCUT2D eigenvalue weighted by Crippen LogP contribution is -2.23. The summed E-state index contributed by atoms with van der Waals surface area (Å²) in [4.78, 5) is 30.1. The van der Waals surface area contributed by atoms with Gasteiger partial charge in [0.25, 0.3) is 5.56 Å². The molecular formula is C23H23N5O2S2. The summed E-state index contributed by atoms with van der Waals surface area (Å²) in [7, 11) is 0. The van der Waals surface area contributed by atoms with Gasteiger partial charge >= 0.3 is 0 Å². The van der Waals surface area contributed by atoms with Gasteiger partial charge in [0.05, 0.1) is 34.0 Å². The van der Waals surface area contributed by atoms with E-state index < -0.39 is 0 Å². The number of amides is 1. The van der Waals surface area contributed by atoms with Gasteiger partial charge in [0.1, 0.15) is 4.70 Å². The summed E-state index contributed by atoms with van der Waals surface area (Å²) in [6.07, 6.45) is 1.65. The number of allylic oxidation sites excluding steroid dienone is 1. The number of thioether (sulfide) groups is 1. The van der Waals surface area contributed by atoms with Crippen molar-refractivity contribution in [1.82, 2.24) is 19.3 Å². The Hall–Kier alpha value is -3.17. The minimum atomic E-state index is -0.186. The second-order valence-electron chi connectivity index (χ2n) is 7.36. The number of benzene rings is 1. The first-order valence-corrected chi connectivity index (χ1v) is 11.9. The Bertz CT molecular complexity index is 1370. The van der Waals surface area contributed by atoms with Crippen molar-refractivity contribution in [1.29, 1.82) is 0 Å². The first-order chi connectivity index (χ1) is 15.4. The molecule has 0 aliphatic rings. The van der Waals surface area contributed by atoms with Crippen molar-refractivity contribution in [2.24, 2.45) is 0 Å². The topological polar surface area (TPSA) is 81.8 Å². The molecule has 4 aromatic rings. The number of anilines is 1. The zero-order valence-electron chi connectivity index (χ0n) is 18.1. The molecule has 1 amide bonds. The molecule has 164 valence electrons. The highest BCUT2D eigenvalue weighted by Gasteiger charge is 2.17. The minimum absolute atomic E-state index is 0.112. The van der Waals surface area contributed by atoms with E-state index in [0.717, 1.165) is 17.1 Å². The Balaban J connectivity index is 1.53. The molecule has 0 aliphatic heterocycles. The van der Waals surface area contributed by atoms with Crippen LogP contribution in [0.1, 0.15) is 17.0 Å². The van der Waals surface area contributed by atoms with Crippen LogP contribution in [0.5, 0.6) is 0 Å². The molecule has 7 nitrogen and oxygen atoms in total. The number of aryl methyl sites for hydroxylation is 2. The van der Waals surface area contributed by atoms with E-state index >= 15 is 0 Å². The second-order valence-corrected chi connectivity index (χ2v) is 9.22. The van der Waals surface area contributed by atoms with E-state index in [1.165, 1.54) is 28.7 Å². The number of thiophene rings is 1. The van der Waals surface area contributed by atoms with Gasteiger partial charge in [0.2, 0.25) is 5.91 Å². The number of hydrogen-bond acceptors (Lipinski definition) is 6. The van der Waals surface area contributed by atoms with Crippen LogP contribution >= 0.6 is 23.1 Å². The van der Waals surface area contributed by atoms with Crippen LogP contribution in [0.25, 0.3) is 15.9 Å². The number of carbonyl (C=O) groups is 1. The minimum Gasteiger partial charge on any atom is -0.322 e. The van der Waals surface area contributed by atoms with Gasteiger partial charge in [-0.2, -0.15) is 5.10 Å². The van der Waals surface area contributed by atoms with Gasteiger partial charge in [0, 0.05) is 6.54 Å². The molecule has 0 fully saturated rings. The molecule has 0 unspecified atom stereocenters. The van der Waals surface area contributed by atoms with Crippen molar-refractivity contribution in [2.75, 3.05) is 11.1 Å². The van der Waals surface area contributed by atoms with Crippen molar-refractivity contribution in [3.63, 3.8) is 0 Å². The summed E-state index contributed by atoms with van der Waals surface area (Å²) in [5.41, 5.74) is 4.93. The third-order valence-corrected chi connectivity index (χ3v) is 6.88. The van der Waals surface area contributed by atoms with Gasteiger partial charge in [-0.15, -0.1) is 17.9 Å². The van der Waals surface area contributed by atoms with E-state index in [0.29, 0.717) is 27.6 Å². The average molecular weight is 466 g/mol. The largest absolute Gasteiger partial charge is 0.322 e. The lowest BCUT2D eigenvalue weighted by Gasteiger charge is -2.10. The zero-order chi connectivity index (χ0) is 22.8. The molecule has 1 aromatic carbocycles. The van der Waals surface area contributed by atoms with Crippen LogP contribution in [0, 0.1) is 20.8 Å². The number of aromatic nitrogens is 4. The zero-order valence-corrected chi connectivity index (χ0v) is 19.7. The molecule has 0 radical (unpaired) electrons. The van der Waals surface area contributed by atoms with Crippen molar-refractivity contribution in [3.05, 3.63) is 75.7 Å². The molecule has 32 heavy (non-hydrogen) atoms. The Morgan fingerprint density at radius 3 is 2.69 bits per heavy atom. The Labute approximate surface area is 193 Å². The van der Waals surface area contributed by atoms with Gasteiger partial charge < -0.3 is 5.32 Å². The van der Waals surface area contributed by atoms with Crippen molar-refractivity contribution in [2.45, 2.75) is 32.5 Å². The maximum absolute atomic E-state index is 12.7. The van der Waals surface area contributed by atoms with Crippen LogP contribution in [0.2, 0.25) is 0 Å². The van der Waals surface area contributed by atoms with E-state index in [9.17, 15) is 9.59 Å². The lowest BCUT2D eigenvalue weighted by molar-refractivity contribution is -0.113. The Morgan fingerprint density at radius 2 is 1.97 bits per heavy atom. The molecule has 0 aliphatic carbocycles. The molecule has 0 atom stereocenters. The number of carbonyl (C=O) groups excluding carboxylic acids is 1. The lowest BCUT2D eigenvalue weighted by atomic mass is 10.2. The standard InChI is InChI=1S/C23H23N5O2S2/c1-5-11-27-22(30)21-18(10-12-31-21)24-23(27)32-13-19(29)25-20-15(3)26-28(16(20)4)17-8-6-14(2)7-9-17/h5-10,12H,1,11,13H2,2-4H3,(H,25,29). The maximum atomic E-state index is 12.7. The first kappa shape index (κ1) is 22.0. The molecule has 9 heteroatoms. The third kappa shape index (κ3) is 4.26. The van der Waals surface area contributed by atoms with E-state index in [4.69, 9.17) is 0 Å². The molecular weight excluding hydrogens is 442 g/mol. The fourth-order valence-corrected chi connectivity index (χ4v) is 4.98. The number of rotatable bonds is 7. The van der Waals surface area contributed by atoms with Crippen LogP contribution < -0.4 is 10.9 Å². The molecule has 0 saturated carbocycles. The van der Waals surface area contributed by atoms with Gasteiger partial charge in [-0.3, -0.25) is 14.2 Å². The summed E-state index contributed by atoms with van der Waals surface area (Å²) in [5, 5.41) is 9.90. The van der Waals surface area contributed by atoms with Crippen molar-refractivity contribution >= 4 is 44.9 Å². The predicted octanol–water partition coefficient (Wildman–Crippen LogP) is 4.49. The van der Waals surface area contributed by atoms with Crippen LogP contribution in [-0.2, 0) is 11.3 Å². The molecule has 1 N–H and O–H groups in total. The smallest absolute Gasteiger partial charge is 0.272 e. The van der Waals surface area contributed by atoms with E-state index in [-0.39, 0.29) is 17.2 Å². The maximum Gasteiger partial charge on any atom is 0.272 e. The Kier molecular flexibility index (Phi) is 6.29. The number of nitrogens with zero attached hydrogens (tertiary/aromatic N) is 4. The number of fused-ring (bicyclic) bond motifs is 1. The number of hydrogen-bond donors (Lipinski definition) is 1. The monoisotopic (exact) mass is 465 g/mol. The van der Waals surface area contributed by atoms with Crippen LogP contribution in [0.4, 0.5) is 5.69 Å². The quantitative estimate of drug-likeness (QED) is 0.247. The van der Waals surface area contributed by atoms with Crippen molar-refractivity contribution in [3.8, 4) is 5.69 Å².